The van der Waals surface area contributed by atoms with Gasteiger partial charge in [0, 0.05) is 31.9 Å². The maximum absolute atomic E-state index is 10.6. The van der Waals surface area contributed by atoms with Crippen molar-refractivity contribution in [3.63, 3.8) is 0 Å². The van der Waals surface area contributed by atoms with E-state index in [1.165, 1.54) is 12.1 Å². The number of aromatic nitrogens is 1. The molecule has 0 aliphatic carbocycles. The van der Waals surface area contributed by atoms with Crippen LogP contribution >= 0.6 is 0 Å². The van der Waals surface area contributed by atoms with Crippen LogP contribution in [0.1, 0.15) is 11.3 Å². The molecule has 0 aliphatic rings. The Bertz CT molecular complexity index is 641. The molecule has 2 rings (SSSR count). The molecule has 7 nitrogen and oxygen atoms in total. The summed E-state index contributed by atoms with van der Waals surface area (Å²) in [5, 5.41) is 16.9. The third-order valence-corrected chi connectivity index (χ3v) is 2.99. The lowest BCUT2D eigenvalue weighted by Crippen LogP contribution is -2.36. The summed E-state index contributed by atoms with van der Waals surface area (Å²) in [5.74, 6) is 0.643. The molecule has 2 N–H and O–H groups in total. The zero-order valence-electron chi connectivity index (χ0n) is 12.2. The summed E-state index contributed by atoms with van der Waals surface area (Å²) in [6.07, 6.45) is 1.74. The predicted octanol–water partition coefficient (Wildman–Crippen LogP) is 1.85. The Balaban J connectivity index is 1.84. The SMILES string of the molecule is CN=C(NCc1ccc([N+](=O)[O-])cc1)NCc1ccccn1. The Kier molecular flexibility index (Phi) is 5.42. The maximum Gasteiger partial charge on any atom is 0.269 e. The number of non-ortho nitro benzene ring substituents is 1. The zero-order chi connectivity index (χ0) is 15.8. The van der Waals surface area contributed by atoms with E-state index in [1.54, 1.807) is 25.4 Å². The van der Waals surface area contributed by atoms with Crippen LogP contribution in [0.25, 0.3) is 0 Å². The van der Waals surface area contributed by atoms with Crippen molar-refractivity contribution in [2.75, 3.05) is 7.05 Å². The molecule has 7 heteroatoms. The topological polar surface area (TPSA) is 92.5 Å². The van der Waals surface area contributed by atoms with E-state index in [0.29, 0.717) is 19.0 Å². The third kappa shape index (κ3) is 4.55. The van der Waals surface area contributed by atoms with Crippen LogP contribution in [-0.2, 0) is 13.1 Å². The summed E-state index contributed by atoms with van der Waals surface area (Å²) < 4.78 is 0. The molecule has 22 heavy (non-hydrogen) atoms. The first-order valence-corrected chi connectivity index (χ1v) is 6.77. The van der Waals surface area contributed by atoms with Crippen LogP contribution in [0.5, 0.6) is 0 Å². The summed E-state index contributed by atoms with van der Waals surface area (Å²) in [4.78, 5) is 18.5. The number of hydrogen-bond donors (Lipinski definition) is 2. The van der Waals surface area contributed by atoms with Crippen LogP contribution in [0, 0.1) is 10.1 Å². The molecule has 0 saturated carbocycles. The van der Waals surface area contributed by atoms with Gasteiger partial charge in [0.15, 0.2) is 5.96 Å². The van der Waals surface area contributed by atoms with E-state index >= 15 is 0 Å². The van der Waals surface area contributed by atoms with Crippen LogP contribution in [0.4, 0.5) is 5.69 Å². The van der Waals surface area contributed by atoms with Crippen LogP contribution < -0.4 is 10.6 Å². The summed E-state index contributed by atoms with van der Waals surface area (Å²) in [6.45, 7) is 1.10. The second-order valence-electron chi connectivity index (χ2n) is 4.52. The number of hydrogen-bond acceptors (Lipinski definition) is 4. The summed E-state index contributed by atoms with van der Waals surface area (Å²) >= 11 is 0. The average Bonchev–Trinajstić information content (AvgIpc) is 2.56. The van der Waals surface area contributed by atoms with Crippen molar-refractivity contribution in [2.24, 2.45) is 4.99 Å². The van der Waals surface area contributed by atoms with Crippen molar-refractivity contribution in [1.29, 1.82) is 0 Å². The first kappa shape index (κ1) is 15.4. The Morgan fingerprint density at radius 2 is 1.91 bits per heavy atom. The van der Waals surface area contributed by atoms with Gasteiger partial charge in [0.1, 0.15) is 0 Å². The van der Waals surface area contributed by atoms with Gasteiger partial charge in [-0.1, -0.05) is 18.2 Å². The van der Waals surface area contributed by atoms with Gasteiger partial charge in [-0.15, -0.1) is 0 Å². The fourth-order valence-electron chi connectivity index (χ4n) is 1.82. The van der Waals surface area contributed by atoms with Gasteiger partial charge in [-0.3, -0.25) is 20.1 Å². The van der Waals surface area contributed by atoms with E-state index < -0.39 is 4.92 Å². The second-order valence-corrected chi connectivity index (χ2v) is 4.52. The highest BCUT2D eigenvalue weighted by Gasteiger charge is 2.04. The molecule has 0 amide bonds. The van der Waals surface area contributed by atoms with E-state index in [9.17, 15) is 10.1 Å². The van der Waals surface area contributed by atoms with Gasteiger partial charge in [-0.2, -0.15) is 0 Å². The van der Waals surface area contributed by atoms with Crippen LogP contribution in [0.3, 0.4) is 0 Å². The number of guanidine groups is 1. The predicted molar refractivity (Wildman–Crippen MR) is 84.4 cm³/mol. The lowest BCUT2D eigenvalue weighted by molar-refractivity contribution is -0.384. The van der Waals surface area contributed by atoms with Gasteiger partial charge in [-0.05, 0) is 17.7 Å². The number of pyridine rings is 1. The maximum atomic E-state index is 10.6. The van der Waals surface area contributed by atoms with Crippen molar-refractivity contribution in [3.05, 3.63) is 70.0 Å². The molecular formula is C15H17N5O2. The molecular weight excluding hydrogens is 282 g/mol. The molecule has 0 spiro atoms. The second kappa shape index (κ2) is 7.72. The van der Waals surface area contributed by atoms with Crippen molar-refractivity contribution in [3.8, 4) is 0 Å². The van der Waals surface area contributed by atoms with Gasteiger partial charge >= 0.3 is 0 Å². The number of nitro benzene ring substituents is 1. The van der Waals surface area contributed by atoms with E-state index in [4.69, 9.17) is 0 Å². The molecule has 0 aliphatic heterocycles. The van der Waals surface area contributed by atoms with Crippen LogP contribution in [-0.4, -0.2) is 22.9 Å². The highest BCUT2D eigenvalue weighted by atomic mass is 16.6. The van der Waals surface area contributed by atoms with Gasteiger partial charge in [0.25, 0.3) is 5.69 Å². The molecule has 0 saturated heterocycles. The summed E-state index contributed by atoms with van der Waals surface area (Å²) in [7, 11) is 1.68. The normalized spacial score (nSPS) is 11.0. The molecule has 0 unspecified atom stereocenters. The number of aliphatic imine (C=N–C) groups is 1. The fourth-order valence-corrected chi connectivity index (χ4v) is 1.82. The third-order valence-electron chi connectivity index (χ3n) is 2.99. The highest BCUT2D eigenvalue weighted by molar-refractivity contribution is 5.79. The first-order chi connectivity index (χ1) is 10.7. The van der Waals surface area contributed by atoms with Crippen molar-refractivity contribution in [2.45, 2.75) is 13.1 Å². The van der Waals surface area contributed by atoms with Crippen LogP contribution in [0.2, 0.25) is 0 Å². The van der Waals surface area contributed by atoms with E-state index in [-0.39, 0.29) is 5.69 Å². The number of nitro groups is 1. The van der Waals surface area contributed by atoms with Crippen molar-refractivity contribution >= 4 is 11.6 Å². The minimum Gasteiger partial charge on any atom is -0.352 e. The van der Waals surface area contributed by atoms with E-state index in [1.807, 2.05) is 18.2 Å². The zero-order valence-corrected chi connectivity index (χ0v) is 12.2. The molecule has 0 fully saturated rings. The molecule has 114 valence electrons. The highest BCUT2D eigenvalue weighted by Crippen LogP contribution is 2.11. The Labute approximate surface area is 128 Å². The largest absolute Gasteiger partial charge is 0.352 e. The first-order valence-electron chi connectivity index (χ1n) is 6.77. The minimum absolute atomic E-state index is 0.0846. The quantitative estimate of drug-likeness (QED) is 0.380. The van der Waals surface area contributed by atoms with Gasteiger partial charge in [0.05, 0.1) is 17.2 Å². The number of benzene rings is 1. The molecule has 0 bridgehead atoms. The summed E-state index contributed by atoms with van der Waals surface area (Å²) in [6, 6.07) is 12.1. The summed E-state index contributed by atoms with van der Waals surface area (Å²) in [5.41, 5.74) is 1.94. The number of nitrogens with zero attached hydrogens (tertiary/aromatic N) is 3. The molecule has 1 aromatic carbocycles. The lowest BCUT2D eigenvalue weighted by atomic mass is 10.2. The van der Waals surface area contributed by atoms with E-state index in [2.05, 4.69) is 20.6 Å². The Morgan fingerprint density at radius 1 is 1.18 bits per heavy atom. The molecule has 1 heterocycles. The lowest BCUT2D eigenvalue weighted by Gasteiger charge is -2.11. The van der Waals surface area contributed by atoms with Gasteiger partial charge in [-0.25, -0.2) is 0 Å². The number of nitrogens with one attached hydrogen (secondary N) is 2. The van der Waals surface area contributed by atoms with Crippen molar-refractivity contribution < 1.29 is 4.92 Å². The fraction of sp³-hybridized carbons (Fsp3) is 0.200. The Hall–Kier alpha value is -2.96. The molecule has 0 radical (unpaired) electrons. The molecule has 0 atom stereocenters. The minimum atomic E-state index is -0.412. The monoisotopic (exact) mass is 299 g/mol. The number of rotatable bonds is 5. The average molecular weight is 299 g/mol. The standard InChI is InChI=1S/C15H17N5O2/c1-16-15(19-11-13-4-2-3-9-17-13)18-10-12-5-7-14(8-6-12)20(21)22/h2-9H,10-11H2,1H3,(H2,16,18,19). The van der Waals surface area contributed by atoms with Crippen molar-refractivity contribution in [1.82, 2.24) is 15.6 Å². The molecule has 1 aromatic heterocycles. The Morgan fingerprint density at radius 3 is 2.50 bits per heavy atom. The van der Waals surface area contributed by atoms with E-state index in [0.717, 1.165) is 11.3 Å². The smallest absolute Gasteiger partial charge is 0.269 e. The molecule has 2 aromatic rings. The van der Waals surface area contributed by atoms with Gasteiger partial charge in [0.2, 0.25) is 0 Å². The van der Waals surface area contributed by atoms with Gasteiger partial charge < -0.3 is 10.6 Å². The van der Waals surface area contributed by atoms with Crippen LogP contribution in [0.15, 0.2) is 53.7 Å².